The number of benzene rings is 1. The lowest BCUT2D eigenvalue weighted by Crippen LogP contribution is -2.39. The van der Waals surface area contributed by atoms with Crippen LogP contribution in [0.1, 0.15) is 30.3 Å². The number of rotatable bonds is 4. The van der Waals surface area contributed by atoms with Crippen molar-refractivity contribution < 1.29 is 14.0 Å². The van der Waals surface area contributed by atoms with Crippen molar-refractivity contribution in [2.45, 2.75) is 18.9 Å². The molecule has 7 nitrogen and oxygen atoms in total. The molecule has 2 amide bonds. The van der Waals surface area contributed by atoms with Gasteiger partial charge in [-0.2, -0.15) is 5.10 Å². The van der Waals surface area contributed by atoms with Crippen LogP contribution in [0.15, 0.2) is 41.8 Å². The van der Waals surface area contributed by atoms with Gasteiger partial charge < -0.3 is 10.3 Å². The SMILES string of the molecule is CN1N=C(C(=O)NC(c2ccc(F)cc2)c2ncc[nH]2)CCC1=O. The molecule has 1 atom stereocenters. The quantitative estimate of drug-likeness (QED) is 0.887. The number of hydrazone groups is 1. The number of aromatic amines is 1. The molecule has 1 unspecified atom stereocenters. The van der Waals surface area contributed by atoms with Crippen LogP contribution in [-0.4, -0.2) is 39.6 Å². The summed E-state index contributed by atoms with van der Waals surface area (Å²) in [4.78, 5) is 31.1. The first-order valence-electron chi connectivity index (χ1n) is 7.44. The molecule has 8 heteroatoms. The Bertz CT molecular complexity index is 770. The van der Waals surface area contributed by atoms with Crippen molar-refractivity contribution in [2.24, 2.45) is 5.10 Å². The number of hydrogen-bond acceptors (Lipinski definition) is 4. The number of H-pyrrole nitrogens is 1. The Labute approximate surface area is 137 Å². The van der Waals surface area contributed by atoms with Gasteiger partial charge in [-0.15, -0.1) is 0 Å². The zero-order valence-electron chi connectivity index (χ0n) is 13.0. The van der Waals surface area contributed by atoms with Crippen LogP contribution in [0.25, 0.3) is 0 Å². The molecule has 124 valence electrons. The molecule has 2 N–H and O–H groups in total. The van der Waals surface area contributed by atoms with Crippen molar-refractivity contribution >= 4 is 17.5 Å². The summed E-state index contributed by atoms with van der Waals surface area (Å²) in [5.74, 6) is -0.358. The largest absolute Gasteiger partial charge is 0.347 e. The second-order valence-electron chi connectivity index (χ2n) is 5.40. The van der Waals surface area contributed by atoms with E-state index in [-0.39, 0.29) is 36.2 Å². The summed E-state index contributed by atoms with van der Waals surface area (Å²) >= 11 is 0. The maximum atomic E-state index is 13.2. The Morgan fingerprint density at radius 1 is 1.33 bits per heavy atom. The van der Waals surface area contributed by atoms with E-state index in [1.807, 2.05) is 0 Å². The first kappa shape index (κ1) is 15.9. The third-order valence-electron chi connectivity index (χ3n) is 3.74. The number of nitrogens with one attached hydrogen (secondary N) is 2. The lowest BCUT2D eigenvalue weighted by atomic mass is 10.1. The van der Waals surface area contributed by atoms with Crippen LogP contribution in [0.4, 0.5) is 4.39 Å². The molecule has 2 heterocycles. The average Bonchev–Trinajstić information content (AvgIpc) is 3.10. The monoisotopic (exact) mass is 329 g/mol. The number of carbonyl (C=O) groups excluding carboxylic acids is 2. The Morgan fingerprint density at radius 2 is 2.08 bits per heavy atom. The predicted octanol–water partition coefficient (Wildman–Crippen LogP) is 1.36. The Hall–Kier alpha value is -3.03. The standard InChI is InChI=1S/C16H16FN5O2/c1-22-13(23)7-6-12(21-22)16(24)20-14(15-18-8-9-19-15)10-2-4-11(17)5-3-10/h2-5,8-9,14H,6-7H2,1H3,(H,18,19)(H,20,24). The van der Waals surface area contributed by atoms with Crippen LogP contribution in [0.5, 0.6) is 0 Å². The van der Waals surface area contributed by atoms with Gasteiger partial charge in [-0.1, -0.05) is 12.1 Å². The van der Waals surface area contributed by atoms with Gasteiger partial charge in [0.2, 0.25) is 5.91 Å². The van der Waals surface area contributed by atoms with Crippen molar-refractivity contribution in [3.8, 4) is 0 Å². The van der Waals surface area contributed by atoms with Crippen molar-refractivity contribution in [2.75, 3.05) is 7.05 Å². The van der Waals surface area contributed by atoms with E-state index in [9.17, 15) is 14.0 Å². The van der Waals surface area contributed by atoms with Crippen molar-refractivity contribution in [3.05, 3.63) is 53.9 Å². The fraction of sp³-hybridized carbons (Fsp3) is 0.250. The highest BCUT2D eigenvalue weighted by Crippen LogP contribution is 2.20. The maximum Gasteiger partial charge on any atom is 0.268 e. The molecule has 0 aliphatic carbocycles. The molecule has 1 aliphatic heterocycles. The number of nitrogens with zero attached hydrogens (tertiary/aromatic N) is 3. The third-order valence-corrected chi connectivity index (χ3v) is 3.74. The molecular formula is C16H16FN5O2. The van der Waals surface area contributed by atoms with Crippen molar-refractivity contribution in [1.29, 1.82) is 0 Å². The molecule has 1 aromatic carbocycles. The van der Waals surface area contributed by atoms with Crippen LogP contribution < -0.4 is 5.32 Å². The van der Waals surface area contributed by atoms with E-state index in [4.69, 9.17) is 0 Å². The molecule has 0 spiro atoms. The minimum atomic E-state index is -0.571. The Kier molecular flexibility index (Phi) is 4.37. The number of amides is 2. The second kappa shape index (κ2) is 6.61. The first-order chi connectivity index (χ1) is 11.5. The minimum absolute atomic E-state index is 0.132. The summed E-state index contributed by atoms with van der Waals surface area (Å²) in [5, 5.41) is 8.00. The fourth-order valence-electron chi connectivity index (χ4n) is 2.45. The van der Waals surface area contributed by atoms with Crippen LogP contribution >= 0.6 is 0 Å². The first-order valence-corrected chi connectivity index (χ1v) is 7.44. The summed E-state index contributed by atoms with van der Waals surface area (Å²) in [7, 11) is 1.51. The highest BCUT2D eigenvalue weighted by atomic mass is 19.1. The molecule has 2 aromatic rings. The highest BCUT2D eigenvalue weighted by molar-refractivity contribution is 6.39. The van der Waals surface area contributed by atoms with Crippen molar-refractivity contribution in [1.82, 2.24) is 20.3 Å². The van der Waals surface area contributed by atoms with E-state index in [1.165, 1.54) is 19.2 Å². The third kappa shape index (κ3) is 3.32. The van der Waals surface area contributed by atoms with E-state index in [0.717, 1.165) is 5.01 Å². The van der Waals surface area contributed by atoms with Crippen LogP contribution in [0, 0.1) is 5.82 Å². The molecule has 0 radical (unpaired) electrons. The van der Waals surface area contributed by atoms with E-state index in [2.05, 4.69) is 20.4 Å². The van der Waals surface area contributed by atoms with Crippen LogP contribution in [-0.2, 0) is 9.59 Å². The number of halogens is 1. The highest BCUT2D eigenvalue weighted by Gasteiger charge is 2.26. The summed E-state index contributed by atoms with van der Waals surface area (Å²) in [6, 6.07) is 5.24. The number of imidazole rings is 1. The predicted molar refractivity (Wildman–Crippen MR) is 84.4 cm³/mol. The van der Waals surface area contributed by atoms with E-state index >= 15 is 0 Å². The van der Waals surface area contributed by atoms with Gasteiger partial charge in [-0.3, -0.25) is 9.59 Å². The van der Waals surface area contributed by atoms with Gasteiger partial charge in [0.25, 0.3) is 5.91 Å². The van der Waals surface area contributed by atoms with Crippen LogP contribution in [0.3, 0.4) is 0 Å². The molecule has 0 bridgehead atoms. The zero-order valence-corrected chi connectivity index (χ0v) is 13.0. The Morgan fingerprint density at radius 3 is 2.71 bits per heavy atom. The normalized spacial score (nSPS) is 15.8. The number of aromatic nitrogens is 2. The lowest BCUT2D eigenvalue weighted by Gasteiger charge is -2.21. The van der Waals surface area contributed by atoms with Crippen molar-refractivity contribution in [3.63, 3.8) is 0 Å². The molecule has 3 rings (SSSR count). The molecule has 1 aliphatic rings. The summed E-state index contributed by atoms with van der Waals surface area (Å²) in [6.07, 6.45) is 3.74. The summed E-state index contributed by atoms with van der Waals surface area (Å²) in [5.41, 5.74) is 0.955. The molecule has 24 heavy (non-hydrogen) atoms. The molecular weight excluding hydrogens is 313 g/mol. The number of carbonyl (C=O) groups is 2. The van der Waals surface area contributed by atoms with Gasteiger partial charge in [-0.25, -0.2) is 14.4 Å². The molecule has 0 saturated heterocycles. The maximum absolute atomic E-state index is 13.2. The lowest BCUT2D eigenvalue weighted by molar-refractivity contribution is -0.130. The zero-order chi connectivity index (χ0) is 17.1. The van der Waals surface area contributed by atoms with E-state index in [0.29, 0.717) is 11.4 Å². The summed E-state index contributed by atoms with van der Waals surface area (Å²) in [6.45, 7) is 0. The van der Waals surface area contributed by atoms with Gasteiger partial charge in [0.05, 0.1) is 0 Å². The van der Waals surface area contributed by atoms with Gasteiger partial charge in [0.1, 0.15) is 23.4 Å². The summed E-state index contributed by atoms with van der Waals surface area (Å²) < 4.78 is 13.2. The fourth-order valence-corrected chi connectivity index (χ4v) is 2.45. The average molecular weight is 329 g/mol. The van der Waals surface area contributed by atoms with E-state index in [1.54, 1.807) is 24.5 Å². The smallest absolute Gasteiger partial charge is 0.268 e. The molecule has 1 aromatic heterocycles. The van der Waals surface area contributed by atoms with Gasteiger partial charge in [0, 0.05) is 32.3 Å². The van der Waals surface area contributed by atoms with Crippen LogP contribution in [0.2, 0.25) is 0 Å². The van der Waals surface area contributed by atoms with Gasteiger partial charge >= 0.3 is 0 Å². The Balaban J connectivity index is 1.85. The van der Waals surface area contributed by atoms with E-state index < -0.39 is 6.04 Å². The second-order valence-corrected chi connectivity index (χ2v) is 5.40. The molecule has 0 fully saturated rings. The minimum Gasteiger partial charge on any atom is -0.347 e. The topological polar surface area (TPSA) is 90.4 Å². The molecule has 0 saturated carbocycles. The van der Waals surface area contributed by atoms with Gasteiger partial charge in [-0.05, 0) is 17.7 Å². The van der Waals surface area contributed by atoms with Gasteiger partial charge in [0.15, 0.2) is 0 Å². The number of hydrogen-bond donors (Lipinski definition) is 2.